The Bertz CT molecular complexity index is 310. The third-order valence-corrected chi connectivity index (χ3v) is 3.23. The molecule has 1 aliphatic rings. The van der Waals surface area contributed by atoms with Crippen molar-refractivity contribution >= 4 is 17.3 Å². The van der Waals surface area contributed by atoms with Crippen LogP contribution in [0.3, 0.4) is 0 Å². The topological polar surface area (TPSA) is 24.1 Å². The van der Waals surface area contributed by atoms with E-state index in [1.54, 1.807) is 0 Å². The minimum absolute atomic E-state index is 0.576. The summed E-state index contributed by atoms with van der Waals surface area (Å²) in [4.78, 5) is 0. The molecule has 1 fully saturated rings. The molecule has 0 unspecified atom stereocenters. The van der Waals surface area contributed by atoms with E-state index < -0.39 is 0 Å². The van der Waals surface area contributed by atoms with Crippen LogP contribution < -0.4 is 10.6 Å². The quantitative estimate of drug-likeness (QED) is 0.807. The van der Waals surface area contributed by atoms with E-state index in [0.29, 0.717) is 12.0 Å². The molecule has 0 aliphatic carbocycles. The van der Waals surface area contributed by atoms with Gasteiger partial charge in [-0.15, -0.1) is 0 Å². The number of anilines is 1. The van der Waals surface area contributed by atoms with Crippen molar-refractivity contribution in [3.63, 3.8) is 0 Å². The predicted octanol–water partition coefficient (Wildman–Crippen LogP) is 2.75. The van der Waals surface area contributed by atoms with Crippen LogP contribution in [0.2, 0.25) is 5.02 Å². The second-order valence-corrected chi connectivity index (χ2v) is 4.66. The zero-order valence-corrected chi connectivity index (χ0v) is 9.72. The molecule has 0 aromatic heterocycles. The van der Waals surface area contributed by atoms with E-state index in [-0.39, 0.29) is 0 Å². The van der Waals surface area contributed by atoms with Crippen LogP contribution in [0.5, 0.6) is 0 Å². The van der Waals surface area contributed by atoms with Gasteiger partial charge in [0, 0.05) is 16.8 Å². The third kappa shape index (κ3) is 2.86. The lowest BCUT2D eigenvalue weighted by atomic mass is 9.95. The van der Waals surface area contributed by atoms with Gasteiger partial charge in [-0.3, -0.25) is 0 Å². The Kier molecular flexibility index (Phi) is 3.49. The number of benzene rings is 1. The summed E-state index contributed by atoms with van der Waals surface area (Å²) in [5.41, 5.74) is 1.16. The van der Waals surface area contributed by atoms with Crippen LogP contribution in [0.4, 0.5) is 5.69 Å². The SMILES string of the molecule is C[C@H]1CNCC[C@H]1Nc1ccc(Cl)cc1. The first-order valence-electron chi connectivity index (χ1n) is 5.48. The first kappa shape index (κ1) is 10.8. The Balaban J connectivity index is 1.98. The molecule has 2 atom stereocenters. The van der Waals surface area contributed by atoms with Crippen molar-refractivity contribution in [1.29, 1.82) is 0 Å². The molecular formula is C12H17ClN2. The molecule has 1 saturated heterocycles. The monoisotopic (exact) mass is 224 g/mol. The maximum absolute atomic E-state index is 5.85. The Morgan fingerprint density at radius 3 is 2.73 bits per heavy atom. The van der Waals surface area contributed by atoms with Crippen LogP contribution in [0.25, 0.3) is 0 Å². The molecule has 0 saturated carbocycles. The molecule has 0 amide bonds. The Hall–Kier alpha value is -0.730. The molecule has 0 spiro atoms. The van der Waals surface area contributed by atoms with Crippen LogP contribution in [-0.4, -0.2) is 19.1 Å². The normalized spacial score (nSPS) is 26.3. The highest BCUT2D eigenvalue weighted by molar-refractivity contribution is 6.30. The molecule has 0 bridgehead atoms. The highest BCUT2D eigenvalue weighted by atomic mass is 35.5. The minimum Gasteiger partial charge on any atom is -0.382 e. The van der Waals surface area contributed by atoms with Gasteiger partial charge in [0.05, 0.1) is 0 Å². The van der Waals surface area contributed by atoms with Crippen LogP contribution >= 0.6 is 11.6 Å². The number of rotatable bonds is 2. The molecule has 1 heterocycles. The van der Waals surface area contributed by atoms with E-state index >= 15 is 0 Å². The molecule has 1 aliphatic heterocycles. The molecule has 2 N–H and O–H groups in total. The molecule has 3 heteroatoms. The van der Waals surface area contributed by atoms with Crippen molar-refractivity contribution in [3.8, 4) is 0 Å². The molecule has 0 radical (unpaired) electrons. The number of halogens is 1. The van der Waals surface area contributed by atoms with Gasteiger partial charge in [0.1, 0.15) is 0 Å². The summed E-state index contributed by atoms with van der Waals surface area (Å²) in [7, 11) is 0. The zero-order chi connectivity index (χ0) is 10.7. The predicted molar refractivity (Wildman–Crippen MR) is 65.5 cm³/mol. The van der Waals surface area contributed by atoms with Crippen molar-refractivity contribution in [2.24, 2.45) is 5.92 Å². The molecule has 82 valence electrons. The van der Waals surface area contributed by atoms with Crippen molar-refractivity contribution in [3.05, 3.63) is 29.3 Å². The smallest absolute Gasteiger partial charge is 0.0407 e. The van der Waals surface area contributed by atoms with Gasteiger partial charge in [-0.1, -0.05) is 18.5 Å². The lowest BCUT2D eigenvalue weighted by Gasteiger charge is -2.31. The van der Waals surface area contributed by atoms with E-state index in [4.69, 9.17) is 11.6 Å². The van der Waals surface area contributed by atoms with Gasteiger partial charge in [0.2, 0.25) is 0 Å². The fourth-order valence-corrected chi connectivity index (χ4v) is 2.11. The lowest BCUT2D eigenvalue weighted by molar-refractivity contribution is 0.368. The fourth-order valence-electron chi connectivity index (χ4n) is 1.99. The van der Waals surface area contributed by atoms with Crippen molar-refractivity contribution in [1.82, 2.24) is 5.32 Å². The van der Waals surface area contributed by atoms with Gasteiger partial charge in [0.25, 0.3) is 0 Å². The van der Waals surface area contributed by atoms with Gasteiger partial charge < -0.3 is 10.6 Å². The van der Waals surface area contributed by atoms with E-state index in [1.165, 1.54) is 6.42 Å². The van der Waals surface area contributed by atoms with Crippen LogP contribution in [-0.2, 0) is 0 Å². The molecule has 15 heavy (non-hydrogen) atoms. The van der Waals surface area contributed by atoms with Gasteiger partial charge in [-0.05, 0) is 49.7 Å². The number of piperidine rings is 1. The number of nitrogens with one attached hydrogen (secondary N) is 2. The average Bonchev–Trinajstić information content (AvgIpc) is 2.25. The average molecular weight is 225 g/mol. The zero-order valence-electron chi connectivity index (χ0n) is 8.96. The second-order valence-electron chi connectivity index (χ2n) is 4.23. The van der Waals surface area contributed by atoms with Crippen LogP contribution in [0, 0.1) is 5.92 Å². The summed E-state index contributed by atoms with van der Waals surface area (Å²) in [6.45, 7) is 4.49. The maximum Gasteiger partial charge on any atom is 0.0407 e. The molecule has 1 aromatic rings. The first-order chi connectivity index (χ1) is 7.25. The maximum atomic E-state index is 5.85. The van der Waals surface area contributed by atoms with Gasteiger partial charge >= 0.3 is 0 Å². The molecular weight excluding hydrogens is 208 g/mol. The molecule has 1 aromatic carbocycles. The van der Waals surface area contributed by atoms with E-state index in [0.717, 1.165) is 23.8 Å². The van der Waals surface area contributed by atoms with Gasteiger partial charge in [-0.2, -0.15) is 0 Å². The second kappa shape index (κ2) is 4.86. The third-order valence-electron chi connectivity index (χ3n) is 2.98. The number of hydrogen-bond donors (Lipinski definition) is 2. The Labute approximate surface area is 96.0 Å². The summed E-state index contributed by atoms with van der Waals surface area (Å²) in [6.07, 6.45) is 1.18. The van der Waals surface area contributed by atoms with Gasteiger partial charge in [-0.25, -0.2) is 0 Å². The van der Waals surface area contributed by atoms with E-state index in [2.05, 4.69) is 17.6 Å². The van der Waals surface area contributed by atoms with Crippen molar-refractivity contribution in [2.75, 3.05) is 18.4 Å². The summed E-state index contributed by atoms with van der Waals surface area (Å²) >= 11 is 5.85. The van der Waals surface area contributed by atoms with Gasteiger partial charge in [0.15, 0.2) is 0 Å². The van der Waals surface area contributed by atoms with Crippen LogP contribution in [0.1, 0.15) is 13.3 Å². The fraction of sp³-hybridized carbons (Fsp3) is 0.500. The van der Waals surface area contributed by atoms with E-state index in [9.17, 15) is 0 Å². The molecule has 2 rings (SSSR count). The standard InChI is InChI=1S/C12H17ClN2/c1-9-8-14-7-6-12(9)15-11-4-2-10(13)3-5-11/h2-5,9,12,14-15H,6-8H2,1H3/t9-,12+/m0/s1. The highest BCUT2D eigenvalue weighted by Crippen LogP contribution is 2.19. The summed E-state index contributed by atoms with van der Waals surface area (Å²) in [5, 5.41) is 7.75. The Morgan fingerprint density at radius 2 is 2.07 bits per heavy atom. The van der Waals surface area contributed by atoms with Crippen LogP contribution in [0.15, 0.2) is 24.3 Å². The lowest BCUT2D eigenvalue weighted by Crippen LogP contribution is -2.42. The molecule has 2 nitrogen and oxygen atoms in total. The minimum atomic E-state index is 0.576. The Morgan fingerprint density at radius 1 is 1.33 bits per heavy atom. The summed E-state index contributed by atoms with van der Waals surface area (Å²) in [6, 6.07) is 8.51. The number of hydrogen-bond acceptors (Lipinski definition) is 2. The van der Waals surface area contributed by atoms with Crippen molar-refractivity contribution in [2.45, 2.75) is 19.4 Å². The summed E-state index contributed by atoms with van der Waals surface area (Å²) in [5.74, 6) is 0.675. The highest BCUT2D eigenvalue weighted by Gasteiger charge is 2.20. The van der Waals surface area contributed by atoms with Crippen molar-refractivity contribution < 1.29 is 0 Å². The largest absolute Gasteiger partial charge is 0.382 e. The summed E-state index contributed by atoms with van der Waals surface area (Å²) < 4.78 is 0. The first-order valence-corrected chi connectivity index (χ1v) is 5.86. The van der Waals surface area contributed by atoms with E-state index in [1.807, 2.05) is 24.3 Å².